The maximum Gasteiger partial charge on any atom is 0.126 e. The number of benzene rings is 1. The Morgan fingerprint density at radius 3 is 2.75 bits per heavy atom. The minimum Gasteiger partial charge on any atom is -0.207 e. The van der Waals surface area contributed by atoms with Gasteiger partial charge in [0.25, 0.3) is 0 Å². The van der Waals surface area contributed by atoms with Gasteiger partial charge in [-0.2, -0.15) is 0 Å². The average molecular weight is 180 g/mol. The molecule has 0 spiro atoms. The first-order chi connectivity index (χ1) is 5.70. The molecule has 0 aliphatic carbocycles. The summed E-state index contributed by atoms with van der Waals surface area (Å²) in [7, 11) is 0. The molecule has 0 saturated heterocycles. The van der Waals surface area contributed by atoms with Gasteiger partial charge in [-0.3, -0.25) is 0 Å². The van der Waals surface area contributed by atoms with Crippen molar-refractivity contribution >= 4 is 21.4 Å². The Bertz CT molecular complexity index is 429. The molecule has 0 unspecified atom stereocenters. The van der Waals surface area contributed by atoms with E-state index in [-0.39, 0.29) is 5.82 Å². The highest BCUT2D eigenvalue weighted by Gasteiger charge is 2.06. The first-order valence-electron chi connectivity index (χ1n) is 3.83. The van der Waals surface area contributed by atoms with Gasteiger partial charge in [-0.25, -0.2) is 4.39 Å². The van der Waals surface area contributed by atoms with Crippen LogP contribution in [0.5, 0.6) is 0 Å². The summed E-state index contributed by atoms with van der Waals surface area (Å²) in [4.78, 5) is 0. The van der Waals surface area contributed by atoms with Crippen LogP contribution in [-0.2, 0) is 0 Å². The van der Waals surface area contributed by atoms with Crippen molar-refractivity contribution in [2.75, 3.05) is 0 Å². The maximum atomic E-state index is 13.1. The smallest absolute Gasteiger partial charge is 0.126 e. The van der Waals surface area contributed by atoms with Gasteiger partial charge in [0, 0.05) is 10.1 Å². The molecule has 0 amide bonds. The number of hydrogen-bond acceptors (Lipinski definition) is 1. The van der Waals surface area contributed by atoms with E-state index in [1.807, 2.05) is 19.9 Å². The lowest BCUT2D eigenvalue weighted by molar-refractivity contribution is 0.621. The van der Waals surface area contributed by atoms with Crippen LogP contribution in [-0.4, -0.2) is 0 Å². The van der Waals surface area contributed by atoms with Crippen LogP contribution in [0.4, 0.5) is 4.39 Å². The summed E-state index contributed by atoms with van der Waals surface area (Å²) in [6, 6.07) is 3.38. The number of aryl methyl sites for hydroxylation is 2. The minimum atomic E-state index is -0.107. The van der Waals surface area contributed by atoms with Gasteiger partial charge < -0.3 is 0 Å². The predicted octanol–water partition coefficient (Wildman–Crippen LogP) is 3.66. The fourth-order valence-corrected chi connectivity index (χ4v) is 2.46. The van der Waals surface area contributed by atoms with Crippen LogP contribution in [0.1, 0.15) is 11.1 Å². The van der Waals surface area contributed by atoms with Crippen LogP contribution < -0.4 is 0 Å². The quantitative estimate of drug-likeness (QED) is 0.580. The van der Waals surface area contributed by atoms with Crippen LogP contribution in [0.3, 0.4) is 0 Å². The Labute approximate surface area is 74.6 Å². The molecular weight excluding hydrogens is 171 g/mol. The van der Waals surface area contributed by atoms with Crippen LogP contribution >= 0.6 is 11.3 Å². The summed E-state index contributed by atoms with van der Waals surface area (Å²) in [5.74, 6) is -0.107. The van der Waals surface area contributed by atoms with E-state index in [0.29, 0.717) is 0 Å². The standard InChI is InChI=1S/C10H9FS/c1-6-5-12-9-4-3-8(11)7(2)10(6)9/h3-5H,1-2H3. The van der Waals surface area contributed by atoms with Gasteiger partial charge in [0.05, 0.1) is 0 Å². The molecule has 2 aromatic rings. The van der Waals surface area contributed by atoms with E-state index < -0.39 is 0 Å². The van der Waals surface area contributed by atoms with E-state index in [2.05, 4.69) is 5.38 Å². The predicted molar refractivity (Wildman–Crippen MR) is 51.3 cm³/mol. The molecule has 0 radical (unpaired) electrons. The van der Waals surface area contributed by atoms with Gasteiger partial charge in [0.2, 0.25) is 0 Å². The second-order valence-electron chi connectivity index (χ2n) is 2.96. The molecule has 0 N–H and O–H groups in total. The van der Waals surface area contributed by atoms with Crippen molar-refractivity contribution < 1.29 is 4.39 Å². The van der Waals surface area contributed by atoms with Crippen molar-refractivity contribution in [3.05, 3.63) is 34.5 Å². The monoisotopic (exact) mass is 180 g/mol. The van der Waals surface area contributed by atoms with Gasteiger partial charge in [0.1, 0.15) is 5.82 Å². The summed E-state index contributed by atoms with van der Waals surface area (Å²) in [6.45, 7) is 3.85. The van der Waals surface area contributed by atoms with Crippen molar-refractivity contribution in [2.45, 2.75) is 13.8 Å². The molecule has 2 rings (SSSR count). The van der Waals surface area contributed by atoms with Crippen molar-refractivity contribution in [3.63, 3.8) is 0 Å². The minimum absolute atomic E-state index is 0.107. The molecule has 0 atom stereocenters. The number of halogens is 1. The highest BCUT2D eigenvalue weighted by Crippen LogP contribution is 2.29. The van der Waals surface area contributed by atoms with Crippen LogP contribution in [0.2, 0.25) is 0 Å². The fraction of sp³-hybridized carbons (Fsp3) is 0.200. The van der Waals surface area contributed by atoms with Crippen LogP contribution in [0.25, 0.3) is 10.1 Å². The Kier molecular flexibility index (Phi) is 1.65. The third kappa shape index (κ3) is 0.950. The molecule has 2 heteroatoms. The first kappa shape index (κ1) is 7.74. The topological polar surface area (TPSA) is 0 Å². The highest BCUT2D eigenvalue weighted by atomic mass is 32.1. The van der Waals surface area contributed by atoms with E-state index in [0.717, 1.165) is 10.9 Å². The van der Waals surface area contributed by atoms with Crippen molar-refractivity contribution in [2.24, 2.45) is 0 Å². The molecule has 0 bridgehead atoms. The molecule has 0 aliphatic rings. The molecule has 0 nitrogen and oxygen atoms in total. The van der Waals surface area contributed by atoms with E-state index in [9.17, 15) is 4.39 Å². The lowest BCUT2D eigenvalue weighted by atomic mass is 10.1. The van der Waals surface area contributed by atoms with Gasteiger partial charge in [0.15, 0.2) is 0 Å². The Morgan fingerprint density at radius 2 is 2.00 bits per heavy atom. The Morgan fingerprint density at radius 1 is 1.25 bits per heavy atom. The van der Waals surface area contributed by atoms with E-state index in [4.69, 9.17) is 0 Å². The Hall–Kier alpha value is -0.890. The number of rotatable bonds is 0. The second kappa shape index (κ2) is 2.56. The summed E-state index contributed by atoms with van der Waals surface area (Å²) >= 11 is 1.67. The molecular formula is C10H9FS. The number of fused-ring (bicyclic) bond motifs is 1. The van der Waals surface area contributed by atoms with Crippen LogP contribution in [0.15, 0.2) is 17.5 Å². The van der Waals surface area contributed by atoms with Crippen molar-refractivity contribution in [3.8, 4) is 0 Å². The molecule has 1 aromatic carbocycles. The first-order valence-corrected chi connectivity index (χ1v) is 4.71. The zero-order chi connectivity index (χ0) is 8.72. The summed E-state index contributed by atoms with van der Waals surface area (Å²) < 4.78 is 14.3. The summed E-state index contributed by atoms with van der Waals surface area (Å²) in [5, 5.41) is 3.15. The number of hydrogen-bond donors (Lipinski definition) is 0. The lowest BCUT2D eigenvalue weighted by Crippen LogP contribution is -1.82. The third-order valence-electron chi connectivity index (χ3n) is 2.12. The normalized spacial score (nSPS) is 10.9. The molecule has 1 aromatic heterocycles. The zero-order valence-corrected chi connectivity index (χ0v) is 7.83. The van der Waals surface area contributed by atoms with E-state index in [1.165, 1.54) is 16.3 Å². The fourth-order valence-electron chi connectivity index (χ4n) is 1.46. The zero-order valence-electron chi connectivity index (χ0n) is 7.02. The SMILES string of the molecule is Cc1csc2ccc(F)c(C)c12. The molecule has 62 valence electrons. The largest absolute Gasteiger partial charge is 0.207 e. The van der Waals surface area contributed by atoms with Gasteiger partial charge in [-0.1, -0.05) is 0 Å². The van der Waals surface area contributed by atoms with Crippen molar-refractivity contribution in [1.82, 2.24) is 0 Å². The van der Waals surface area contributed by atoms with E-state index >= 15 is 0 Å². The van der Waals surface area contributed by atoms with Crippen LogP contribution in [0, 0.1) is 19.7 Å². The van der Waals surface area contributed by atoms with Gasteiger partial charge >= 0.3 is 0 Å². The molecule has 0 saturated carbocycles. The maximum absolute atomic E-state index is 13.1. The Balaban J connectivity index is 2.96. The molecule has 0 fully saturated rings. The summed E-state index contributed by atoms with van der Waals surface area (Å²) in [6.07, 6.45) is 0. The summed E-state index contributed by atoms with van der Waals surface area (Å²) in [5.41, 5.74) is 1.94. The molecule has 0 aliphatic heterocycles. The van der Waals surface area contributed by atoms with Crippen molar-refractivity contribution in [1.29, 1.82) is 0 Å². The molecule has 1 heterocycles. The second-order valence-corrected chi connectivity index (χ2v) is 3.88. The molecule has 12 heavy (non-hydrogen) atoms. The number of thiophene rings is 1. The van der Waals surface area contributed by atoms with Gasteiger partial charge in [-0.15, -0.1) is 11.3 Å². The highest BCUT2D eigenvalue weighted by molar-refractivity contribution is 7.17. The van der Waals surface area contributed by atoms with Gasteiger partial charge in [-0.05, 0) is 42.5 Å². The average Bonchev–Trinajstić information content (AvgIpc) is 2.41. The lowest BCUT2D eigenvalue weighted by Gasteiger charge is -1.98. The van der Waals surface area contributed by atoms with E-state index in [1.54, 1.807) is 11.3 Å². The third-order valence-corrected chi connectivity index (χ3v) is 3.18.